The number of carbonyl (C=O) groups excluding carboxylic acids is 3. The molecule has 0 aromatic heterocycles. The molecule has 6 heteroatoms. The Hall–Kier alpha value is -4.19. The van der Waals surface area contributed by atoms with Crippen molar-refractivity contribution in [3.05, 3.63) is 94.6 Å². The van der Waals surface area contributed by atoms with E-state index in [1.807, 2.05) is 42.2 Å². The molecule has 3 atom stereocenters. The van der Waals surface area contributed by atoms with Crippen LogP contribution in [-0.2, 0) is 4.79 Å². The Balaban J connectivity index is 1.72. The van der Waals surface area contributed by atoms with Crippen molar-refractivity contribution in [3.8, 4) is 11.5 Å². The number of nitrogens with zero attached hydrogens (tertiary/aromatic N) is 1. The number of ether oxygens (including phenoxy) is 2. The fourth-order valence-corrected chi connectivity index (χ4v) is 6.65. The third-order valence-corrected chi connectivity index (χ3v) is 8.15. The van der Waals surface area contributed by atoms with E-state index in [0.29, 0.717) is 28.2 Å². The van der Waals surface area contributed by atoms with Crippen LogP contribution in [0, 0.1) is 12.3 Å². The predicted octanol–water partition coefficient (Wildman–Crippen LogP) is 5.03. The van der Waals surface area contributed by atoms with Crippen LogP contribution < -0.4 is 14.4 Å². The molecule has 0 N–H and O–H groups in total. The summed E-state index contributed by atoms with van der Waals surface area (Å²) in [5.74, 6) is -0.397. The molecule has 2 aliphatic heterocycles. The molecule has 0 amide bonds. The lowest BCUT2D eigenvalue weighted by atomic mass is 9.64. The lowest BCUT2D eigenvalue weighted by Gasteiger charge is -2.37. The first kappa shape index (κ1) is 23.2. The minimum Gasteiger partial charge on any atom is -0.497 e. The molecular weight excluding hydrogens is 466 g/mol. The predicted molar refractivity (Wildman–Crippen MR) is 141 cm³/mol. The van der Waals surface area contributed by atoms with Gasteiger partial charge in [0.25, 0.3) is 0 Å². The Labute approximate surface area is 215 Å². The summed E-state index contributed by atoms with van der Waals surface area (Å²) in [4.78, 5) is 44.6. The molecule has 1 aliphatic carbocycles. The Kier molecular flexibility index (Phi) is 5.13. The number of ketones is 3. The molecule has 0 radical (unpaired) electrons. The second kappa shape index (κ2) is 8.17. The highest BCUT2D eigenvalue weighted by atomic mass is 16.5. The quantitative estimate of drug-likeness (QED) is 0.475. The summed E-state index contributed by atoms with van der Waals surface area (Å²) in [6.07, 6.45) is 3.88. The molecular formula is C31H27NO5. The number of methoxy groups -OCH3 is 2. The molecule has 3 aliphatic rings. The highest BCUT2D eigenvalue weighted by molar-refractivity contribution is 6.32. The summed E-state index contributed by atoms with van der Waals surface area (Å²) in [6.45, 7) is 3.53. The maximum Gasteiger partial charge on any atom is 0.180 e. The summed E-state index contributed by atoms with van der Waals surface area (Å²) in [7, 11) is 3.11. The van der Waals surface area contributed by atoms with E-state index >= 15 is 0 Å². The maximum atomic E-state index is 14.5. The number of hydrogen-bond acceptors (Lipinski definition) is 6. The highest BCUT2D eigenvalue weighted by Crippen LogP contribution is 2.61. The third kappa shape index (κ3) is 2.95. The fourth-order valence-electron chi connectivity index (χ4n) is 6.65. The number of aryl methyl sites for hydroxylation is 1. The van der Waals surface area contributed by atoms with Crippen LogP contribution in [0.3, 0.4) is 0 Å². The summed E-state index contributed by atoms with van der Waals surface area (Å²) in [6, 6.07) is 16.9. The summed E-state index contributed by atoms with van der Waals surface area (Å²) in [5.41, 5.74) is 2.66. The molecule has 1 spiro atoms. The number of carbonyl (C=O) groups is 3. The summed E-state index contributed by atoms with van der Waals surface area (Å²) >= 11 is 0. The zero-order valence-corrected chi connectivity index (χ0v) is 21.1. The second-order valence-corrected chi connectivity index (χ2v) is 9.99. The van der Waals surface area contributed by atoms with Gasteiger partial charge in [0, 0.05) is 28.3 Å². The Bertz CT molecular complexity index is 1480. The molecule has 3 aromatic carbocycles. The van der Waals surface area contributed by atoms with Gasteiger partial charge in [0.2, 0.25) is 0 Å². The van der Waals surface area contributed by atoms with Crippen molar-refractivity contribution in [3.63, 3.8) is 0 Å². The summed E-state index contributed by atoms with van der Waals surface area (Å²) in [5, 5.41) is 0. The van der Waals surface area contributed by atoms with E-state index in [-0.39, 0.29) is 17.3 Å². The minimum atomic E-state index is -1.54. The lowest BCUT2D eigenvalue weighted by Crippen LogP contribution is -2.48. The van der Waals surface area contributed by atoms with E-state index in [4.69, 9.17) is 9.47 Å². The zero-order valence-electron chi connectivity index (χ0n) is 21.1. The van der Waals surface area contributed by atoms with Crippen LogP contribution in [0.5, 0.6) is 11.5 Å². The minimum absolute atomic E-state index is 0.129. The average molecular weight is 494 g/mol. The molecule has 37 heavy (non-hydrogen) atoms. The zero-order chi connectivity index (χ0) is 26.1. The van der Waals surface area contributed by atoms with Gasteiger partial charge in [-0.2, -0.15) is 0 Å². The van der Waals surface area contributed by atoms with E-state index in [1.54, 1.807) is 56.7 Å². The van der Waals surface area contributed by atoms with Crippen molar-refractivity contribution in [2.75, 3.05) is 19.1 Å². The molecule has 0 bridgehead atoms. The van der Waals surface area contributed by atoms with Crippen LogP contribution in [0.1, 0.15) is 50.2 Å². The van der Waals surface area contributed by atoms with E-state index in [0.717, 1.165) is 16.8 Å². The van der Waals surface area contributed by atoms with Gasteiger partial charge in [-0.25, -0.2) is 0 Å². The van der Waals surface area contributed by atoms with Gasteiger partial charge < -0.3 is 14.4 Å². The monoisotopic (exact) mass is 493 g/mol. The van der Waals surface area contributed by atoms with Gasteiger partial charge >= 0.3 is 0 Å². The number of hydrogen-bond donors (Lipinski definition) is 0. The number of Topliss-reactive ketones (excluding diaryl/α,β-unsaturated/α-hetero) is 3. The van der Waals surface area contributed by atoms with Crippen LogP contribution in [0.2, 0.25) is 0 Å². The largest absolute Gasteiger partial charge is 0.497 e. The lowest BCUT2D eigenvalue weighted by molar-refractivity contribution is -0.118. The van der Waals surface area contributed by atoms with Crippen molar-refractivity contribution in [1.82, 2.24) is 0 Å². The Morgan fingerprint density at radius 3 is 2.24 bits per heavy atom. The summed E-state index contributed by atoms with van der Waals surface area (Å²) < 4.78 is 11.3. The third-order valence-electron chi connectivity index (χ3n) is 8.15. The van der Waals surface area contributed by atoms with Crippen molar-refractivity contribution in [1.29, 1.82) is 0 Å². The van der Waals surface area contributed by atoms with Gasteiger partial charge in [-0.15, -0.1) is 0 Å². The molecule has 1 fully saturated rings. The van der Waals surface area contributed by atoms with Gasteiger partial charge in [0.15, 0.2) is 17.3 Å². The van der Waals surface area contributed by atoms with Gasteiger partial charge in [-0.1, -0.05) is 48.6 Å². The number of rotatable bonds is 4. The molecule has 2 heterocycles. The first-order valence-electron chi connectivity index (χ1n) is 12.3. The standard InChI is InChI=1S/C31H27NO5/c1-17-9-10-19-11-14-26-31(29(34)21-7-5-6-8-22(21)30(31)35)27(28(18(2)33)32(26)24(19)15-17)23-16-20(36-3)12-13-25(23)37-4/h5-16,26-28H,1-4H3/t26-,27+,28-/m0/s1. The van der Waals surface area contributed by atoms with Crippen molar-refractivity contribution >= 4 is 29.1 Å². The van der Waals surface area contributed by atoms with Crippen LogP contribution in [0.15, 0.2) is 66.7 Å². The molecule has 186 valence electrons. The highest BCUT2D eigenvalue weighted by Gasteiger charge is 2.71. The molecule has 6 rings (SSSR count). The fraction of sp³-hybridized carbons (Fsp3) is 0.258. The SMILES string of the molecule is COc1ccc(OC)c([C@@H]2[C@H](C(C)=O)N3c4cc(C)ccc4C=C[C@H]3C23C(=O)c2ccccc2C3=O)c1. The first-order valence-corrected chi connectivity index (χ1v) is 12.3. The number of fused-ring (bicyclic) bond motifs is 5. The topological polar surface area (TPSA) is 72.9 Å². The molecule has 1 saturated heterocycles. The smallest absolute Gasteiger partial charge is 0.180 e. The second-order valence-electron chi connectivity index (χ2n) is 9.99. The van der Waals surface area contributed by atoms with Crippen molar-refractivity contribution in [2.45, 2.75) is 31.8 Å². The van der Waals surface area contributed by atoms with Gasteiger partial charge in [-0.3, -0.25) is 14.4 Å². The van der Waals surface area contributed by atoms with Crippen molar-refractivity contribution < 1.29 is 23.9 Å². The van der Waals surface area contributed by atoms with Crippen LogP contribution in [-0.4, -0.2) is 43.7 Å². The number of anilines is 1. The average Bonchev–Trinajstić information content (AvgIpc) is 3.35. The molecule has 3 aromatic rings. The molecule has 0 unspecified atom stereocenters. The maximum absolute atomic E-state index is 14.5. The molecule has 6 nitrogen and oxygen atoms in total. The normalized spacial score (nSPS) is 22.6. The number of benzene rings is 3. The first-order chi connectivity index (χ1) is 17.8. The van der Waals surface area contributed by atoms with E-state index in [1.165, 1.54) is 6.92 Å². The van der Waals surface area contributed by atoms with E-state index in [2.05, 4.69) is 0 Å². The van der Waals surface area contributed by atoms with Gasteiger partial charge in [0.1, 0.15) is 16.9 Å². The van der Waals surface area contributed by atoms with Gasteiger partial charge in [0.05, 0.1) is 26.3 Å². The van der Waals surface area contributed by atoms with E-state index < -0.39 is 23.4 Å². The Morgan fingerprint density at radius 2 is 1.62 bits per heavy atom. The van der Waals surface area contributed by atoms with Crippen LogP contribution >= 0.6 is 0 Å². The van der Waals surface area contributed by atoms with Crippen LogP contribution in [0.4, 0.5) is 5.69 Å². The molecule has 0 saturated carbocycles. The van der Waals surface area contributed by atoms with Crippen molar-refractivity contribution in [2.24, 2.45) is 5.41 Å². The van der Waals surface area contributed by atoms with Crippen LogP contribution in [0.25, 0.3) is 6.08 Å². The van der Waals surface area contributed by atoms with Gasteiger partial charge in [-0.05, 0) is 49.2 Å². The van der Waals surface area contributed by atoms with E-state index in [9.17, 15) is 14.4 Å². The Morgan fingerprint density at radius 1 is 0.919 bits per heavy atom.